The third kappa shape index (κ3) is 6.18. The molecule has 0 saturated carbocycles. The minimum absolute atomic E-state index is 0.00823. The van der Waals surface area contributed by atoms with E-state index in [4.69, 9.17) is 0 Å². The van der Waals surface area contributed by atoms with Crippen molar-refractivity contribution in [2.24, 2.45) is 5.41 Å². The molecule has 0 bridgehead atoms. The maximum atomic E-state index is 12.7. The fourth-order valence-corrected chi connectivity index (χ4v) is 1.37. The van der Waals surface area contributed by atoms with E-state index in [1.165, 1.54) is 12.1 Å². The van der Waals surface area contributed by atoms with Gasteiger partial charge in [0.1, 0.15) is 5.82 Å². The van der Waals surface area contributed by atoms with E-state index in [-0.39, 0.29) is 17.1 Å². The van der Waals surface area contributed by atoms with E-state index in [0.717, 1.165) is 5.56 Å². The Balaban J connectivity index is 2.32. The molecule has 0 aromatic heterocycles. The van der Waals surface area contributed by atoms with E-state index in [1.54, 1.807) is 18.2 Å². The van der Waals surface area contributed by atoms with Gasteiger partial charge in [-0.3, -0.25) is 4.79 Å². The first kappa shape index (κ1) is 14.4. The number of rotatable bonds is 4. The van der Waals surface area contributed by atoms with Crippen molar-refractivity contribution in [2.75, 3.05) is 6.54 Å². The van der Waals surface area contributed by atoms with Gasteiger partial charge in [-0.1, -0.05) is 39.0 Å². The number of halogens is 1. The summed E-state index contributed by atoms with van der Waals surface area (Å²) in [6.07, 6.45) is 4.14. The summed E-state index contributed by atoms with van der Waals surface area (Å²) in [6.45, 7) is 6.67. The highest BCUT2D eigenvalue weighted by atomic mass is 19.1. The van der Waals surface area contributed by atoms with Crippen LogP contribution in [0, 0.1) is 11.2 Å². The lowest BCUT2D eigenvalue weighted by Crippen LogP contribution is -2.24. The number of carbonyl (C=O) groups is 1. The molecular weight excluding hydrogens is 229 g/mol. The zero-order valence-electron chi connectivity index (χ0n) is 11.2. The number of nitrogens with one attached hydrogen (secondary N) is 1. The topological polar surface area (TPSA) is 29.1 Å². The van der Waals surface area contributed by atoms with Crippen LogP contribution in [0.15, 0.2) is 36.4 Å². The molecule has 0 heterocycles. The van der Waals surface area contributed by atoms with E-state index >= 15 is 0 Å². The largest absolute Gasteiger partial charge is 0.352 e. The zero-order chi connectivity index (χ0) is 13.6. The second-order valence-corrected chi connectivity index (χ2v) is 5.37. The van der Waals surface area contributed by atoms with Gasteiger partial charge in [0.2, 0.25) is 5.91 Å². The highest BCUT2D eigenvalue weighted by Gasteiger charge is 2.05. The smallest absolute Gasteiger partial charge is 0.243 e. The van der Waals surface area contributed by atoms with Crippen molar-refractivity contribution in [2.45, 2.75) is 27.2 Å². The lowest BCUT2D eigenvalue weighted by Gasteiger charge is -2.10. The molecule has 0 aliphatic carbocycles. The third-order valence-corrected chi connectivity index (χ3v) is 2.36. The lowest BCUT2D eigenvalue weighted by molar-refractivity contribution is -0.116. The van der Waals surface area contributed by atoms with Gasteiger partial charge in [-0.25, -0.2) is 4.39 Å². The van der Waals surface area contributed by atoms with Gasteiger partial charge in [-0.2, -0.15) is 0 Å². The fraction of sp³-hybridized carbons (Fsp3) is 0.400. The van der Waals surface area contributed by atoms with Crippen molar-refractivity contribution in [1.82, 2.24) is 5.32 Å². The van der Waals surface area contributed by atoms with Crippen molar-refractivity contribution < 1.29 is 9.18 Å². The predicted octanol–water partition coefficient (Wildman–Crippen LogP) is 3.09. The van der Waals surface area contributed by atoms with Crippen molar-refractivity contribution >= 4 is 5.91 Å². The van der Waals surface area contributed by atoms with Crippen LogP contribution in [0.2, 0.25) is 0 Å². The van der Waals surface area contributed by atoms with E-state index in [1.807, 2.05) is 26.8 Å². The van der Waals surface area contributed by atoms with Crippen molar-refractivity contribution in [3.8, 4) is 0 Å². The van der Waals surface area contributed by atoms with Gasteiger partial charge in [0, 0.05) is 6.54 Å². The molecule has 1 aromatic carbocycles. The highest BCUT2D eigenvalue weighted by molar-refractivity contribution is 5.87. The quantitative estimate of drug-likeness (QED) is 0.816. The van der Waals surface area contributed by atoms with Crippen LogP contribution in [0.5, 0.6) is 0 Å². The van der Waals surface area contributed by atoms with Crippen LogP contribution in [0.25, 0.3) is 0 Å². The third-order valence-electron chi connectivity index (χ3n) is 2.36. The molecule has 1 rings (SSSR count). The van der Waals surface area contributed by atoms with Crippen LogP contribution in [-0.2, 0) is 11.2 Å². The molecule has 0 fully saturated rings. The zero-order valence-corrected chi connectivity index (χ0v) is 11.2. The van der Waals surface area contributed by atoms with Gasteiger partial charge < -0.3 is 5.32 Å². The summed E-state index contributed by atoms with van der Waals surface area (Å²) in [5.41, 5.74) is 1.02. The Labute approximate surface area is 108 Å². The van der Waals surface area contributed by atoms with Gasteiger partial charge in [-0.05, 0) is 35.6 Å². The number of carbonyl (C=O) groups excluding carboxylic acids is 1. The van der Waals surface area contributed by atoms with Crippen LogP contribution in [0.3, 0.4) is 0 Å². The van der Waals surface area contributed by atoms with Crippen LogP contribution >= 0.6 is 0 Å². The first-order valence-electron chi connectivity index (χ1n) is 6.08. The summed E-state index contributed by atoms with van der Waals surface area (Å²) in [6, 6.07) is 6.31. The molecule has 0 aliphatic rings. The van der Waals surface area contributed by atoms with Gasteiger partial charge in [0.15, 0.2) is 0 Å². The molecule has 0 aliphatic heterocycles. The summed E-state index contributed by atoms with van der Waals surface area (Å²) in [5.74, 6) is -0.331. The molecule has 0 unspecified atom stereocenters. The number of allylic oxidation sites excluding steroid dienone is 1. The molecule has 98 valence electrons. The van der Waals surface area contributed by atoms with Gasteiger partial charge in [0.25, 0.3) is 0 Å². The SMILES string of the molecule is CC(C)(C)/C=C/C(=O)NCCc1ccc(F)cc1. The van der Waals surface area contributed by atoms with E-state index < -0.39 is 0 Å². The molecule has 0 radical (unpaired) electrons. The maximum absolute atomic E-state index is 12.7. The Hall–Kier alpha value is -1.64. The molecule has 1 amide bonds. The van der Waals surface area contributed by atoms with Crippen molar-refractivity contribution in [3.63, 3.8) is 0 Å². The summed E-state index contributed by atoms with van der Waals surface area (Å²) < 4.78 is 12.7. The summed E-state index contributed by atoms with van der Waals surface area (Å²) in [4.78, 5) is 11.5. The summed E-state index contributed by atoms with van der Waals surface area (Å²) >= 11 is 0. The number of hydrogen-bond acceptors (Lipinski definition) is 1. The molecule has 0 atom stereocenters. The second kappa shape index (κ2) is 6.34. The maximum Gasteiger partial charge on any atom is 0.243 e. The molecule has 18 heavy (non-hydrogen) atoms. The Morgan fingerprint density at radius 3 is 2.44 bits per heavy atom. The van der Waals surface area contributed by atoms with Crippen LogP contribution in [0.4, 0.5) is 4.39 Å². The molecule has 1 aromatic rings. The standard InChI is InChI=1S/C15H20FNO/c1-15(2,3)10-8-14(18)17-11-9-12-4-6-13(16)7-5-12/h4-8,10H,9,11H2,1-3H3,(H,17,18)/b10-8+. The van der Waals surface area contributed by atoms with Gasteiger partial charge in [-0.15, -0.1) is 0 Å². The Kier molecular flexibility index (Phi) is 5.08. The number of amides is 1. The number of hydrogen-bond donors (Lipinski definition) is 1. The average molecular weight is 249 g/mol. The predicted molar refractivity (Wildman–Crippen MR) is 71.7 cm³/mol. The molecule has 1 N–H and O–H groups in total. The van der Waals surface area contributed by atoms with Crippen LogP contribution in [0.1, 0.15) is 26.3 Å². The molecule has 0 spiro atoms. The second-order valence-electron chi connectivity index (χ2n) is 5.37. The minimum Gasteiger partial charge on any atom is -0.352 e. The summed E-state index contributed by atoms with van der Waals surface area (Å²) in [5, 5.41) is 2.80. The average Bonchev–Trinajstić information content (AvgIpc) is 2.28. The molecular formula is C15H20FNO. The normalized spacial score (nSPS) is 11.8. The number of benzene rings is 1. The first-order chi connectivity index (χ1) is 8.37. The Morgan fingerprint density at radius 2 is 1.89 bits per heavy atom. The van der Waals surface area contributed by atoms with Gasteiger partial charge >= 0.3 is 0 Å². The Bertz CT molecular complexity index is 415. The molecule has 0 saturated heterocycles. The fourth-order valence-electron chi connectivity index (χ4n) is 1.37. The van der Waals surface area contributed by atoms with Crippen molar-refractivity contribution in [1.29, 1.82) is 0 Å². The molecule has 3 heteroatoms. The van der Waals surface area contributed by atoms with E-state index in [9.17, 15) is 9.18 Å². The van der Waals surface area contributed by atoms with Crippen LogP contribution < -0.4 is 5.32 Å². The molecule has 2 nitrogen and oxygen atoms in total. The van der Waals surface area contributed by atoms with Crippen molar-refractivity contribution in [3.05, 3.63) is 47.8 Å². The van der Waals surface area contributed by atoms with Crippen LogP contribution in [-0.4, -0.2) is 12.5 Å². The monoisotopic (exact) mass is 249 g/mol. The Morgan fingerprint density at radius 1 is 1.28 bits per heavy atom. The summed E-state index contributed by atoms with van der Waals surface area (Å²) in [7, 11) is 0. The van der Waals surface area contributed by atoms with E-state index in [0.29, 0.717) is 13.0 Å². The highest BCUT2D eigenvalue weighted by Crippen LogP contribution is 2.13. The first-order valence-corrected chi connectivity index (χ1v) is 6.08. The lowest BCUT2D eigenvalue weighted by atomic mass is 9.96. The minimum atomic E-state index is -0.240. The van der Waals surface area contributed by atoms with E-state index in [2.05, 4.69) is 5.32 Å². The van der Waals surface area contributed by atoms with Gasteiger partial charge in [0.05, 0.1) is 0 Å².